The van der Waals surface area contributed by atoms with Crippen LogP contribution in [0.2, 0.25) is 0 Å². The van der Waals surface area contributed by atoms with Gasteiger partial charge < -0.3 is 15.5 Å². The Morgan fingerprint density at radius 3 is 2.55 bits per heavy atom. The Morgan fingerprint density at radius 2 is 2.00 bits per heavy atom. The highest BCUT2D eigenvalue weighted by Gasteiger charge is 2.28. The molecule has 4 heteroatoms. The van der Waals surface area contributed by atoms with E-state index in [4.69, 9.17) is 5.73 Å². The second kappa shape index (κ2) is 6.27. The van der Waals surface area contributed by atoms with Crippen LogP contribution in [0.3, 0.4) is 0 Å². The summed E-state index contributed by atoms with van der Waals surface area (Å²) in [7, 11) is 3.99. The maximum Gasteiger partial charge on any atom is 0.253 e. The molecule has 0 aromatic heterocycles. The van der Waals surface area contributed by atoms with E-state index in [1.165, 1.54) is 0 Å². The molecule has 4 nitrogen and oxygen atoms in total. The predicted octanol–water partition coefficient (Wildman–Crippen LogP) is 1.95. The zero-order valence-electron chi connectivity index (χ0n) is 12.7. The third-order valence-corrected chi connectivity index (χ3v) is 4.23. The number of anilines is 1. The van der Waals surface area contributed by atoms with Crippen LogP contribution in [0, 0.1) is 5.92 Å². The van der Waals surface area contributed by atoms with Crippen LogP contribution in [0.4, 0.5) is 5.69 Å². The summed E-state index contributed by atoms with van der Waals surface area (Å²) < 4.78 is 0. The highest BCUT2D eigenvalue weighted by Crippen LogP contribution is 2.21. The first kappa shape index (κ1) is 14.9. The van der Waals surface area contributed by atoms with Crippen molar-refractivity contribution in [3.05, 3.63) is 29.8 Å². The third kappa shape index (κ3) is 3.12. The fraction of sp³-hybridized carbons (Fsp3) is 0.562. The van der Waals surface area contributed by atoms with E-state index in [0.29, 0.717) is 5.92 Å². The minimum atomic E-state index is 0.126. The molecule has 1 fully saturated rings. The van der Waals surface area contributed by atoms with Crippen LogP contribution in [-0.2, 0) is 0 Å². The zero-order valence-corrected chi connectivity index (χ0v) is 12.7. The molecule has 1 amide bonds. The summed E-state index contributed by atoms with van der Waals surface area (Å²) in [4.78, 5) is 16.5. The second-order valence-electron chi connectivity index (χ2n) is 5.81. The molecule has 0 aliphatic carbocycles. The SMILES string of the molecule is CCC1CN(C(=O)c2ccc(N(C)C)cc2)CCC1N. The van der Waals surface area contributed by atoms with Crippen LogP contribution < -0.4 is 10.6 Å². The van der Waals surface area contributed by atoms with Gasteiger partial charge in [-0.1, -0.05) is 13.3 Å². The Bertz CT molecular complexity index is 455. The lowest BCUT2D eigenvalue weighted by atomic mass is 9.90. The maximum atomic E-state index is 12.5. The molecule has 1 aromatic rings. The Kier molecular flexibility index (Phi) is 4.65. The van der Waals surface area contributed by atoms with Crippen LogP contribution in [0.1, 0.15) is 30.1 Å². The van der Waals surface area contributed by atoms with Crippen LogP contribution >= 0.6 is 0 Å². The lowest BCUT2D eigenvalue weighted by molar-refractivity contribution is 0.0649. The van der Waals surface area contributed by atoms with E-state index in [1.807, 2.05) is 48.2 Å². The first-order valence-corrected chi connectivity index (χ1v) is 7.35. The summed E-state index contributed by atoms with van der Waals surface area (Å²) in [5.74, 6) is 0.550. The van der Waals surface area contributed by atoms with Crippen molar-refractivity contribution in [2.24, 2.45) is 11.7 Å². The summed E-state index contributed by atoms with van der Waals surface area (Å²) in [5, 5.41) is 0. The molecule has 1 heterocycles. The van der Waals surface area contributed by atoms with Crippen molar-refractivity contribution in [3.63, 3.8) is 0 Å². The van der Waals surface area contributed by atoms with Gasteiger partial charge in [0.1, 0.15) is 0 Å². The van der Waals surface area contributed by atoms with Crippen LogP contribution in [0.25, 0.3) is 0 Å². The van der Waals surface area contributed by atoms with E-state index in [2.05, 4.69) is 6.92 Å². The number of rotatable bonds is 3. The first-order chi connectivity index (χ1) is 9.52. The van der Waals surface area contributed by atoms with Gasteiger partial charge in [0.25, 0.3) is 5.91 Å². The second-order valence-corrected chi connectivity index (χ2v) is 5.81. The molecule has 2 atom stereocenters. The quantitative estimate of drug-likeness (QED) is 0.917. The summed E-state index contributed by atoms with van der Waals surface area (Å²) in [6.07, 6.45) is 1.94. The van der Waals surface area contributed by atoms with E-state index in [1.54, 1.807) is 0 Å². The molecule has 1 aliphatic rings. The molecule has 2 unspecified atom stereocenters. The minimum absolute atomic E-state index is 0.126. The monoisotopic (exact) mass is 275 g/mol. The standard InChI is InChI=1S/C16H25N3O/c1-4-12-11-19(10-9-15(12)17)16(20)13-5-7-14(8-6-13)18(2)3/h5-8,12,15H,4,9-11,17H2,1-3H3. The average Bonchev–Trinajstić information content (AvgIpc) is 2.47. The van der Waals surface area contributed by atoms with Gasteiger partial charge in [0, 0.05) is 44.5 Å². The van der Waals surface area contributed by atoms with Gasteiger partial charge in [-0.05, 0) is 36.6 Å². The molecule has 20 heavy (non-hydrogen) atoms. The normalized spacial score (nSPS) is 22.7. The predicted molar refractivity (Wildman–Crippen MR) is 83.0 cm³/mol. The van der Waals surface area contributed by atoms with Gasteiger partial charge in [0.2, 0.25) is 0 Å². The van der Waals surface area contributed by atoms with Gasteiger partial charge in [0.15, 0.2) is 0 Å². The van der Waals surface area contributed by atoms with Gasteiger partial charge in [-0.3, -0.25) is 4.79 Å². The summed E-state index contributed by atoms with van der Waals surface area (Å²) in [6, 6.07) is 8.03. The Labute approximate surface area is 121 Å². The van der Waals surface area contributed by atoms with E-state index >= 15 is 0 Å². The average molecular weight is 275 g/mol. The van der Waals surface area contributed by atoms with Gasteiger partial charge in [0.05, 0.1) is 0 Å². The highest BCUT2D eigenvalue weighted by molar-refractivity contribution is 5.94. The molecule has 110 valence electrons. The highest BCUT2D eigenvalue weighted by atomic mass is 16.2. The molecule has 2 N–H and O–H groups in total. The number of amides is 1. The van der Waals surface area contributed by atoms with Crippen molar-refractivity contribution in [3.8, 4) is 0 Å². The molecule has 1 aromatic carbocycles. The summed E-state index contributed by atoms with van der Waals surface area (Å²) in [5.41, 5.74) is 7.97. The number of nitrogens with two attached hydrogens (primary N) is 1. The fourth-order valence-corrected chi connectivity index (χ4v) is 2.75. The van der Waals surface area contributed by atoms with E-state index in [0.717, 1.165) is 37.2 Å². The lowest BCUT2D eigenvalue weighted by Gasteiger charge is -2.36. The lowest BCUT2D eigenvalue weighted by Crippen LogP contribution is -2.49. The molecule has 0 bridgehead atoms. The Balaban J connectivity index is 2.07. The van der Waals surface area contributed by atoms with Crippen molar-refractivity contribution in [2.75, 3.05) is 32.1 Å². The number of piperidine rings is 1. The van der Waals surface area contributed by atoms with Crippen LogP contribution in [0.5, 0.6) is 0 Å². The molecular weight excluding hydrogens is 250 g/mol. The van der Waals surface area contributed by atoms with Crippen molar-refractivity contribution in [2.45, 2.75) is 25.8 Å². The van der Waals surface area contributed by atoms with Crippen molar-refractivity contribution in [1.29, 1.82) is 0 Å². The number of benzene rings is 1. The maximum absolute atomic E-state index is 12.5. The molecule has 2 rings (SSSR count). The van der Waals surface area contributed by atoms with Gasteiger partial charge in [-0.2, -0.15) is 0 Å². The van der Waals surface area contributed by atoms with Crippen molar-refractivity contribution < 1.29 is 4.79 Å². The fourth-order valence-electron chi connectivity index (χ4n) is 2.75. The zero-order chi connectivity index (χ0) is 14.7. The van der Waals surface area contributed by atoms with E-state index in [9.17, 15) is 4.79 Å². The topological polar surface area (TPSA) is 49.6 Å². The van der Waals surface area contributed by atoms with E-state index in [-0.39, 0.29) is 11.9 Å². The summed E-state index contributed by atoms with van der Waals surface area (Å²) in [6.45, 7) is 3.70. The number of hydrogen-bond donors (Lipinski definition) is 1. The molecule has 1 saturated heterocycles. The van der Waals surface area contributed by atoms with Crippen LogP contribution in [0.15, 0.2) is 24.3 Å². The largest absolute Gasteiger partial charge is 0.378 e. The molecule has 0 radical (unpaired) electrons. The Morgan fingerprint density at radius 1 is 1.35 bits per heavy atom. The van der Waals surface area contributed by atoms with Crippen molar-refractivity contribution in [1.82, 2.24) is 4.90 Å². The van der Waals surface area contributed by atoms with Gasteiger partial charge in [-0.15, -0.1) is 0 Å². The third-order valence-electron chi connectivity index (χ3n) is 4.23. The summed E-state index contributed by atoms with van der Waals surface area (Å²) >= 11 is 0. The molecule has 0 saturated carbocycles. The van der Waals surface area contributed by atoms with Crippen LogP contribution in [-0.4, -0.2) is 44.0 Å². The van der Waals surface area contributed by atoms with E-state index < -0.39 is 0 Å². The Hall–Kier alpha value is -1.55. The number of likely N-dealkylation sites (tertiary alicyclic amines) is 1. The number of carbonyl (C=O) groups is 1. The van der Waals surface area contributed by atoms with Gasteiger partial charge >= 0.3 is 0 Å². The van der Waals surface area contributed by atoms with Gasteiger partial charge in [-0.25, -0.2) is 0 Å². The molecule has 0 spiro atoms. The number of carbonyl (C=O) groups excluding carboxylic acids is 1. The number of hydrogen-bond acceptors (Lipinski definition) is 3. The molecular formula is C16H25N3O. The number of nitrogens with zero attached hydrogens (tertiary/aromatic N) is 2. The minimum Gasteiger partial charge on any atom is -0.378 e. The first-order valence-electron chi connectivity index (χ1n) is 7.35. The molecule has 1 aliphatic heterocycles. The smallest absolute Gasteiger partial charge is 0.253 e. The van der Waals surface area contributed by atoms with Crippen molar-refractivity contribution >= 4 is 11.6 Å².